The van der Waals surface area contributed by atoms with E-state index in [-0.39, 0.29) is 0 Å². The number of hydrogen-bond acceptors (Lipinski definition) is 2. The van der Waals surface area contributed by atoms with Crippen molar-refractivity contribution in [3.63, 3.8) is 0 Å². The van der Waals surface area contributed by atoms with Crippen LogP contribution in [0.2, 0.25) is 0 Å². The molecule has 1 rings (SSSR count). The smallest absolute Gasteiger partial charge is 0.0935 e. The molecule has 0 saturated carbocycles. The van der Waals surface area contributed by atoms with Gasteiger partial charge in [0.15, 0.2) is 0 Å². The zero-order valence-corrected chi connectivity index (χ0v) is 11.2. The fourth-order valence-electron chi connectivity index (χ4n) is 1.21. The summed E-state index contributed by atoms with van der Waals surface area (Å²) >= 11 is 2.12. The molecule has 0 bridgehead atoms. The standard InChI is InChI=1S/C13H15IO2/c1-2-12(13(15)8-14)10-16-9-11-6-4-3-5-7-11/h3-7,13,15H,1,8-10H2. The van der Waals surface area contributed by atoms with Crippen LogP contribution in [0, 0.1) is 0 Å². The minimum atomic E-state index is -0.506. The highest BCUT2D eigenvalue weighted by atomic mass is 127. The van der Waals surface area contributed by atoms with Gasteiger partial charge in [0.25, 0.3) is 0 Å². The van der Waals surface area contributed by atoms with E-state index < -0.39 is 6.10 Å². The summed E-state index contributed by atoms with van der Waals surface area (Å²) in [4.78, 5) is 0. The number of rotatable bonds is 6. The van der Waals surface area contributed by atoms with Gasteiger partial charge in [-0.2, -0.15) is 0 Å². The number of halogens is 1. The minimum Gasteiger partial charge on any atom is -0.387 e. The molecule has 1 aromatic rings. The Kier molecular flexibility index (Phi) is 6.42. The summed E-state index contributed by atoms with van der Waals surface area (Å²) < 4.78 is 6.12. The number of aliphatic hydroxyl groups excluding tert-OH is 1. The maximum atomic E-state index is 9.59. The van der Waals surface area contributed by atoms with Crippen molar-refractivity contribution in [1.82, 2.24) is 0 Å². The van der Waals surface area contributed by atoms with Crippen LogP contribution in [0.15, 0.2) is 48.2 Å². The molecular formula is C13H15IO2. The highest BCUT2D eigenvalue weighted by Crippen LogP contribution is 2.07. The van der Waals surface area contributed by atoms with Crippen LogP contribution in [0.25, 0.3) is 0 Å². The molecule has 2 nitrogen and oxygen atoms in total. The third-order valence-corrected chi connectivity index (χ3v) is 2.98. The molecule has 0 spiro atoms. The summed E-state index contributed by atoms with van der Waals surface area (Å²) in [5.41, 5.74) is 4.56. The molecule has 0 aliphatic heterocycles. The second-order valence-electron chi connectivity index (χ2n) is 3.35. The van der Waals surface area contributed by atoms with E-state index in [2.05, 4.69) is 34.9 Å². The zero-order chi connectivity index (χ0) is 11.8. The Morgan fingerprint density at radius 3 is 2.69 bits per heavy atom. The molecule has 3 heteroatoms. The van der Waals surface area contributed by atoms with Gasteiger partial charge in [0.2, 0.25) is 0 Å². The van der Waals surface area contributed by atoms with Crippen molar-refractivity contribution in [3.05, 3.63) is 53.8 Å². The number of benzene rings is 1. The van der Waals surface area contributed by atoms with Gasteiger partial charge in [-0.25, -0.2) is 0 Å². The predicted molar refractivity (Wildman–Crippen MR) is 73.6 cm³/mol. The van der Waals surface area contributed by atoms with E-state index in [9.17, 15) is 5.11 Å². The molecule has 1 atom stereocenters. The van der Waals surface area contributed by atoms with E-state index in [1.165, 1.54) is 0 Å². The summed E-state index contributed by atoms with van der Waals surface area (Å²) in [5.74, 6) is 0. The average Bonchev–Trinajstić information content (AvgIpc) is 2.35. The molecule has 0 radical (unpaired) electrons. The molecule has 0 heterocycles. The Balaban J connectivity index is 2.38. The van der Waals surface area contributed by atoms with Gasteiger partial charge in [0, 0.05) is 10.0 Å². The zero-order valence-electron chi connectivity index (χ0n) is 9.03. The van der Waals surface area contributed by atoms with E-state index in [0.29, 0.717) is 23.2 Å². The molecule has 0 aromatic heterocycles. The van der Waals surface area contributed by atoms with Gasteiger partial charge in [-0.15, -0.1) is 5.73 Å². The van der Waals surface area contributed by atoms with Gasteiger partial charge in [0.1, 0.15) is 0 Å². The van der Waals surface area contributed by atoms with Gasteiger partial charge < -0.3 is 9.84 Å². The molecule has 16 heavy (non-hydrogen) atoms. The van der Waals surface area contributed by atoms with Gasteiger partial charge >= 0.3 is 0 Å². The van der Waals surface area contributed by atoms with E-state index in [1.54, 1.807) is 0 Å². The summed E-state index contributed by atoms with van der Waals surface area (Å²) in [6.07, 6.45) is -0.506. The first-order chi connectivity index (χ1) is 7.77. The first-order valence-corrected chi connectivity index (χ1v) is 6.55. The Morgan fingerprint density at radius 1 is 1.44 bits per heavy atom. The van der Waals surface area contributed by atoms with Crippen LogP contribution in [0.3, 0.4) is 0 Å². The van der Waals surface area contributed by atoms with Crippen molar-refractivity contribution in [2.45, 2.75) is 12.7 Å². The lowest BCUT2D eigenvalue weighted by Gasteiger charge is -2.10. The Morgan fingerprint density at radius 2 is 2.12 bits per heavy atom. The minimum absolute atomic E-state index is 0.378. The number of alkyl halides is 1. The van der Waals surface area contributed by atoms with Gasteiger partial charge in [-0.1, -0.05) is 59.5 Å². The highest BCUT2D eigenvalue weighted by molar-refractivity contribution is 14.1. The number of ether oxygens (including phenoxy) is 1. The Labute approximate surface area is 110 Å². The molecule has 0 amide bonds. The van der Waals surface area contributed by atoms with E-state index in [1.807, 2.05) is 30.3 Å². The first kappa shape index (κ1) is 13.5. The van der Waals surface area contributed by atoms with Crippen molar-refractivity contribution in [2.24, 2.45) is 0 Å². The van der Waals surface area contributed by atoms with Crippen molar-refractivity contribution in [1.29, 1.82) is 0 Å². The lowest BCUT2D eigenvalue weighted by atomic mass is 10.2. The van der Waals surface area contributed by atoms with E-state index >= 15 is 0 Å². The third kappa shape index (κ3) is 4.49. The molecule has 0 fully saturated rings. The van der Waals surface area contributed by atoms with Crippen molar-refractivity contribution < 1.29 is 9.84 Å². The lowest BCUT2D eigenvalue weighted by Crippen LogP contribution is -2.15. The van der Waals surface area contributed by atoms with Gasteiger partial charge in [-0.3, -0.25) is 0 Å². The normalized spacial score (nSPS) is 11.9. The third-order valence-electron chi connectivity index (χ3n) is 2.14. The quantitative estimate of drug-likeness (QED) is 0.494. The summed E-state index contributed by atoms with van der Waals surface area (Å²) in [5, 5.41) is 9.59. The molecule has 0 saturated heterocycles. The summed E-state index contributed by atoms with van der Waals surface area (Å²) in [6.45, 7) is 4.47. The second-order valence-corrected chi connectivity index (χ2v) is 4.23. The highest BCUT2D eigenvalue weighted by Gasteiger charge is 2.08. The van der Waals surface area contributed by atoms with Crippen LogP contribution in [0.5, 0.6) is 0 Å². The fourth-order valence-corrected chi connectivity index (χ4v) is 1.74. The van der Waals surface area contributed by atoms with Gasteiger partial charge in [0.05, 0.1) is 19.3 Å². The van der Waals surface area contributed by atoms with Crippen LogP contribution in [0.4, 0.5) is 0 Å². The first-order valence-electron chi connectivity index (χ1n) is 5.02. The maximum absolute atomic E-state index is 9.59. The molecule has 1 N–H and O–H groups in total. The van der Waals surface area contributed by atoms with E-state index in [4.69, 9.17) is 4.74 Å². The summed E-state index contributed by atoms with van der Waals surface area (Å²) in [7, 11) is 0. The largest absolute Gasteiger partial charge is 0.387 e. The monoisotopic (exact) mass is 330 g/mol. The molecular weight excluding hydrogens is 315 g/mol. The van der Waals surface area contributed by atoms with Crippen molar-refractivity contribution in [2.75, 3.05) is 11.0 Å². The fraction of sp³-hybridized carbons (Fsp3) is 0.308. The molecule has 1 unspecified atom stereocenters. The molecule has 1 aromatic carbocycles. The van der Waals surface area contributed by atoms with Crippen molar-refractivity contribution in [3.8, 4) is 0 Å². The van der Waals surface area contributed by atoms with Gasteiger partial charge in [-0.05, 0) is 5.56 Å². The van der Waals surface area contributed by atoms with Crippen LogP contribution < -0.4 is 0 Å². The second kappa shape index (κ2) is 7.63. The summed E-state index contributed by atoms with van der Waals surface area (Å²) in [6, 6.07) is 9.93. The number of aliphatic hydroxyl groups is 1. The maximum Gasteiger partial charge on any atom is 0.0935 e. The lowest BCUT2D eigenvalue weighted by molar-refractivity contribution is 0.122. The van der Waals surface area contributed by atoms with Crippen LogP contribution in [0.1, 0.15) is 5.56 Å². The number of hydrogen-bond donors (Lipinski definition) is 1. The topological polar surface area (TPSA) is 29.5 Å². The van der Waals surface area contributed by atoms with E-state index in [0.717, 1.165) is 5.56 Å². The van der Waals surface area contributed by atoms with Crippen LogP contribution in [-0.4, -0.2) is 22.2 Å². The Bertz CT molecular complexity index is 355. The molecule has 86 valence electrons. The molecule has 0 aliphatic rings. The predicted octanol–water partition coefficient (Wildman–Crippen LogP) is 2.71. The Hall–Kier alpha value is -0.610. The van der Waals surface area contributed by atoms with Crippen LogP contribution >= 0.6 is 22.6 Å². The van der Waals surface area contributed by atoms with Crippen molar-refractivity contribution >= 4 is 22.6 Å². The molecule has 0 aliphatic carbocycles. The average molecular weight is 330 g/mol. The SMILES string of the molecule is C=C=C(COCc1ccccc1)C(O)CI. The van der Waals surface area contributed by atoms with Crippen LogP contribution in [-0.2, 0) is 11.3 Å².